The van der Waals surface area contributed by atoms with E-state index >= 15 is 0 Å². The molecule has 0 fully saturated rings. The molecular formula is C14H13Br2N2O2+. The van der Waals surface area contributed by atoms with Crippen molar-refractivity contribution in [2.75, 3.05) is 0 Å². The third-order valence-corrected chi connectivity index (χ3v) is 3.16. The van der Waals surface area contributed by atoms with E-state index in [0.29, 0.717) is 11.1 Å². The first kappa shape index (κ1) is 16.5. The van der Waals surface area contributed by atoms with Crippen molar-refractivity contribution in [3.05, 3.63) is 64.4 Å². The summed E-state index contributed by atoms with van der Waals surface area (Å²) in [4.78, 5) is 23.1. The topological polar surface area (TPSA) is 64.0 Å². The molecule has 0 bridgehead atoms. The van der Waals surface area contributed by atoms with Crippen LogP contribution in [0.2, 0.25) is 0 Å². The van der Waals surface area contributed by atoms with Crippen molar-refractivity contribution in [1.29, 1.82) is 0 Å². The summed E-state index contributed by atoms with van der Waals surface area (Å²) in [7, 11) is 0. The zero-order valence-electron chi connectivity index (χ0n) is 10.5. The molecule has 4 nitrogen and oxygen atoms in total. The van der Waals surface area contributed by atoms with Crippen LogP contribution in [0.15, 0.2) is 53.3 Å². The largest absolute Gasteiger partial charge is 0.365 e. The maximum absolute atomic E-state index is 12.1. The summed E-state index contributed by atoms with van der Waals surface area (Å²) in [6, 6.07) is 10.4. The van der Waals surface area contributed by atoms with Gasteiger partial charge in [-0.3, -0.25) is 9.59 Å². The van der Waals surface area contributed by atoms with Gasteiger partial charge in [0.2, 0.25) is 12.3 Å². The third kappa shape index (κ3) is 4.25. The van der Waals surface area contributed by atoms with Crippen LogP contribution in [0.1, 0.15) is 20.7 Å². The van der Waals surface area contributed by atoms with E-state index in [0.717, 1.165) is 4.47 Å². The van der Waals surface area contributed by atoms with Crippen LogP contribution in [0.25, 0.3) is 0 Å². The van der Waals surface area contributed by atoms with E-state index in [4.69, 9.17) is 5.73 Å². The van der Waals surface area contributed by atoms with Crippen LogP contribution in [0, 0.1) is 0 Å². The van der Waals surface area contributed by atoms with Crippen LogP contribution >= 0.6 is 32.9 Å². The molecular weight excluding hydrogens is 388 g/mol. The standard InChI is InChI=1S/C14H11BrN2O2.BrH/c15-12-5-3-10(4-6-12)13(18)9-17-7-1-2-11(8-17)14(16)19;/h1-8H,9H2,(H-,16,19);1H/p+1. The number of carbonyl (C=O) groups excluding carboxylic acids is 2. The van der Waals surface area contributed by atoms with Gasteiger partial charge in [0.1, 0.15) is 5.56 Å². The molecule has 0 atom stereocenters. The van der Waals surface area contributed by atoms with Gasteiger partial charge in [0.15, 0.2) is 12.4 Å². The number of benzene rings is 1. The summed E-state index contributed by atoms with van der Waals surface area (Å²) in [6.07, 6.45) is 3.29. The molecule has 0 aliphatic carbocycles. The molecule has 0 unspecified atom stereocenters. The van der Waals surface area contributed by atoms with E-state index in [1.807, 2.05) is 12.1 Å². The lowest BCUT2D eigenvalue weighted by Gasteiger charge is -1.99. The Hall–Kier alpha value is -1.53. The highest BCUT2D eigenvalue weighted by molar-refractivity contribution is 9.10. The minimum Gasteiger partial charge on any atom is -0.365 e. The second-order valence-corrected chi connectivity index (χ2v) is 4.97. The molecule has 0 spiro atoms. The Balaban J connectivity index is 0.00000200. The second kappa shape index (κ2) is 7.31. The molecule has 2 N–H and O–H groups in total. The number of nitrogens with two attached hydrogens (primary N) is 1. The maximum Gasteiger partial charge on any atom is 0.254 e. The Morgan fingerprint density at radius 2 is 1.75 bits per heavy atom. The van der Waals surface area contributed by atoms with E-state index in [1.54, 1.807) is 41.2 Å². The average Bonchev–Trinajstić information content (AvgIpc) is 2.39. The van der Waals surface area contributed by atoms with Crippen LogP contribution in [-0.4, -0.2) is 11.7 Å². The molecule has 1 heterocycles. The van der Waals surface area contributed by atoms with Crippen LogP contribution in [0.5, 0.6) is 0 Å². The summed E-state index contributed by atoms with van der Waals surface area (Å²) in [5.74, 6) is -0.537. The second-order valence-electron chi connectivity index (χ2n) is 4.06. The highest BCUT2D eigenvalue weighted by atomic mass is 79.9. The third-order valence-electron chi connectivity index (χ3n) is 2.64. The van der Waals surface area contributed by atoms with Gasteiger partial charge in [-0.25, -0.2) is 0 Å². The fourth-order valence-corrected chi connectivity index (χ4v) is 1.92. The smallest absolute Gasteiger partial charge is 0.254 e. The molecule has 0 aliphatic rings. The van der Waals surface area contributed by atoms with E-state index in [9.17, 15) is 9.59 Å². The maximum atomic E-state index is 12.1. The number of pyridine rings is 1. The van der Waals surface area contributed by atoms with Gasteiger partial charge < -0.3 is 5.73 Å². The van der Waals surface area contributed by atoms with Crippen LogP contribution in [0.3, 0.4) is 0 Å². The van der Waals surface area contributed by atoms with Crippen molar-refractivity contribution in [2.24, 2.45) is 5.73 Å². The van der Waals surface area contributed by atoms with E-state index in [-0.39, 0.29) is 29.3 Å². The van der Waals surface area contributed by atoms with Gasteiger partial charge in [0.05, 0.1) is 0 Å². The Labute approximate surface area is 135 Å². The number of hydrogen-bond acceptors (Lipinski definition) is 2. The molecule has 0 saturated carbocycles. The highest BCUT2D eigenvalue weighted by Crippen LogP contribution is 2.10. The molecule has 2 aromatic rings. The number of hydrogen-bond donors (Lipinski definition) is 1. The first-order valence-corrected chi connectivity index (χ1v) is 6.43. The quantitative estimate of drug-likeness (QED) is 0.632. The lowest BCUT2D eigenvalue weighted by Crippen LogP contribution is -2.38. The first-order valence-electron chi connectivity index (χ1n) is 5.64. The Morgan fingerprint density at radius 3 is 2.35 bits per heavy atom. The molecule has 2 rings (SSSR count). The molecule has 1 aromatic carbocycles. The van der Waals surface area contributed by atoms with Gasteiger partial charge in [0.25, 0.3) is 5.91 Å². The van der Waals surface area contributed by atoms with Crippen molar-refractivity contribution < 1.29 is 14.2 Å². The molecule has 6 heteroatoms. The van der Waals surface area contributed by atoms with Gasteiger partial charge in [0, 0.05) is 16.1 Å². The van der Waals surface area contributed by atoms with Crippen LogP contribution in [0.4, 0.5) is 0 Å². The fraction of sp³-hybridized carbons (Fsp3) is 0.0714. The van der Waals surface area contributed by atoms with Crippen molar-refractivity contribution in [3.63, 3.8) is 0 Å². The summed E-state index contributed by atoms with van der Waals surface area (Å²) in [5.41, 5.74) is 6.20. The number of rotatable bonds is 4. The predicted molar refractivity (Wildman–Crippen MR) is 83.9 cm³/mol. The van der Waals surface area contributed by atoms with E-state index in [1.165, 1.54) is 0 Å². The lowest BCUT2D eigenvalue weighted by atomic mass is 10.1. The van der Waals surface area contributed by atoms with Gasteiger partial charge in [-0.2, -0.15) is 4.57 Å². The fourth-order valence-electron chi connectivity index (χ4n) is 1.66. The molecule has 0 saturated heterocycles. The number of amides is 1. The first-order chi connectivity index (χ1) is 9.06. The highest BCUT2D eigenvalue weighted by Gasteiger charge is 2.13. The molecule has 1 amide bonds. The zero-order valence-corrected chi connectivity index (χ0v) is 13.8. The normalized spacial score (nSPS) is 9.65. The van der Waals surface area contributed by atoms with Gasteiger partial charge in [-0.15, -0.1) is 17.0 Å². The number of Topliss-reactive ketones (excluding diaryl/α,β-unsaturated/α-hetero) is 1. The minimum atomic E-state index is -0.509. The van der Waals surface area contributed by atoms with Crippen LogP contribution < -0.4 is 10.3 Å². The summed E-state index contributed by atoms with van der Waals surface area (Å²) < 4.78 is 2.57. The average molecular weight is 401 g/mol. The monoisotopic (exact) mass is 399 g/mol. The van der Waals surface area contributed by atoms with Crippen LogP contribution in [-0.2, 0) is 6.54 Å². The predicted octanol–water partition coefficient (Wildman–Crippen LogP) is 2.30. The van der Waals surface area contributed by atoms with Gasteiger partial charge >= 0.3 is 0 Å². The van der Waals surface area contributed by atoms with E-state index in [2.05, 4.69) is 15.9 Å². The summed E-state index contributed by atoms with van der Waals surface area (Å²) in [5, 5.41) is 0. The number of primary amides is 1. The molecule has 1 aromatic heterocycles. The van der Waals surface area contributed by atoms with Gasteiger partial charge in [-0.05, 0) is 18.2 Å². The molecule has 20 heavy (non-hydrogen) atoms. The zero-order chi connectivity index (χ0) is 13.8. The number of halogens is 2. The summed E-state index contributed by atoms with van der Waals surface area (Å²) in [6.45, 7) is 0.169. The Morgan fingerprint density at radius 1 is 1.10 bits per heavy atom. The van der Waals surface area contributed by atoms with Gasteiger partial charge in [-0.1, -0.05) is 28.1 Å². The summed E-state index contributed by atoms with van der Waals surface area (Å²) >= 11 is 3.32. The number of ketones is 1. The van der Waals surface area contributed by atoms with Crippen molar-refractivity contribution in [1.82, 2.24) is 0 Å². The molecule has 0 aliphatic heterocycles. The Bertz CT molecular complexity index is 627. The van der Waals surface area contributed by atoms with E-state index < -0.39 is 5.91 Å². The minimum absolute atomic E-state index is 0. The molecule has 0 radical (unpaired) electrons. The molecule has 104 valence electrons. The number of nitrogens with zero attached hydrogens (tertiary/aromatic N) is 1. The van der Waals surface area contributed by atoms with Crippen molar-refractivity contribution >= 4 is 44.6 Å². The number of carbonyl (C=O) groups is 2. The number of aromatic nitrogens is 1. The Kier molecular flexibility index (Phi) is 6.04. The van der Waals surface area contributed by atoms with Crippen molar-refractivity contribution in [2.45, 2.75) is 6.54 Å². The van der Waals surface area contributed by atoms with Crippen molar-refractivity contribution in [3.8, 4) is 0 Å². The SMILES string of the molecule is Br.NC(=O)c1ccc[n+](CC(=O)c2ccc(Br)cc2)c1. The lowest BCUT2D eigenvalue weighted by molar-refractivity contribution is -0.683.